The van der Waals surface area contributed by atoms with E-state index < -0.39 is 9.84 Å². The van der Waals surface area contributed by atoms with Crippen LogP contribution in [0.3, 0.4) is 0 Å². The first kappa shape index (κ1) is 11.7. The van der Waals surface area contributed by atoms with Crippen molar-refractivity contribution >= 4 is 9.84 Å². The largest absolute Gasteiger partial charge is 0.472 e. The fourth-order valence-corrected chi connectivity index (χ4v) is 3.25. The zero-order valence-corrected chi connectivity index (χ0v) is 10.0. The first-order chi connectivity index (χ1) is 7.66. The van der Waals surface area contributed by atoms with E-state index in [0.717, 1.165) is 18.4 Å². The second kappa shape index (κ2) is 5.01. The molecule has 0 atom stereocenters. The first-order valence-electron chi connectivity index (χ1n) is 5.58. The molecule has 1 aliphatic rings. The summed E-state index contributed by atoms with van der Waals surface area (Å²) in [6, 6.07) is 1.87. The summed E-state index contributed by atoms with van der Waals surface area (Å²) in [5.74, 6) is 1.06. The topological polar surface area (TPSA) is 59.3 Å². The molecule has 5 heteroatoms. The minimum absolute atomic E-state index is 0.237. The quantitative estimate of drug-likeness (QED) is 0.731. The number of sulfone groups is 1. The lowest BCUT2D eigenvalue weighted by atomic mass is 10.3. The minimum atomic E-state index is -2.85. The van der Waals surface area contributed by atoms with Crippen molar-refractivity contribution in [2.45, 2.75) is 19.4 Å². The van der Waals surface area contributed by atoms with Crippen LogP contribution < -0.4 is 5.32 Å². The molecule has 0 saturated heterocycles. The Labute approximate surface area is 95.9 Å². The average molecular weight is 243 g/mol. The van der Waals surface area contributed by atoms with Gasteiger partial charge in [-0.15, -0.1) is 0 Å². The third-order valence-corrected chi connectivity index (χ3v) is 4.49. The molecule has 0 aromatic carbocycles. The van der Waals surface area contributed by atoms with Gasteiger partial charge in [0.1, 0.15) is 0 Å². The van der Waals surface area contributed by atoms with Crippen molar-refractivity contribution in [2.24, 2.45) is 5.92 Å². The van der Waals surface area contributed by atoms with Gasteiger partial charge in [0.2, 0.25) is 0 Å². The standard InChI is InChI=1S/C11H17NO3S/c13-16(14,9-10-1-2-10)6-4-12-7-11-3-5-15-8-11/h3,5,8,10,12H,1-2,4,6-7,9H2. The maximum atomic E-state index is 11.6. The molecule has 1 heterocycles. The van der Waals surface area contributed by atoms with E-state index in [2.05, 4.69) is 5.32 Å². The highest BCUT2D eigenvalue weighted by atomic mass is 32.2. The molecule has 4 nitrogen and oxygen atoms in total. The van der Waals surface area contributed by atoms with Crippen LogP contribution in [0, 0.1) is 5.92 Å². The van der Waals surface area contributed by atoms with Crippen molar-refractivity contribution in [1.29, 1.82) is 0 Å². The molecular weight excluding hydrogens is 226 g/mol. The molecule has 0 unspecified atom stereocenters. The zero-order valence-electron chi connectivity index (χ0n) is 9.19. The summed E-state index contributed by atoms with van der Waals surface area (Å²) in [4.78, 5) is 0. The van der Waals surface area contributed by atoms with Crippen LogP contribution in [0.25, 0.3) is 0 Å². The van der Waals surface area contributed by atoms with Crippen LogP contribution in [0.5, 0.6) is 0 Å². The molecule has 2 rings (SSSR count). The number of rotatable bonds is 7. The Bertz CT molecular complexity index is 406. The third kappa shape index (κ3) is 3.98. The van der Waals surface area contributed by atoms with Gasteiger partial charge in [0.15, 0.2) is 9.84 Å². The Kier molecular flexibility index (Phi) is 3.66. The van der Waals surface area contributed by atoms with Gasteiger partial charge < -0.3 is 9.73 Å². The molecule has 0 aliphatic heterocycles. The highest BCUT2D eigenvalue weighted by Crippen LogP contribution is 2.30. The van der Waals surface area contributed by atoms with E-state index in [1.54, 1.807) is 12.5 Å². The lowest BCUT2D eigenvalue weighted by Crippen LogP contribution is -2.24. The summed E-state index contributed by atoms with van der Waals surface area (Å²) in [6.45, 7) is 1.18. The van der Waals surface area contributed by atoms with Gasteiger partial charge in [0.05, 0.1) is 24.0 Å². The number of nitrogens with one attached hydrogen (secondary N) is 1. The molecule has 1 fully saturated rings. The highest BCUT2D eigenvalue weighted by molar-refractivity contribution is 7.91. The maximum Gasteiger partial charge on any atom is 0.151 e. The summed E-state index contributed by atoms with van der Waals surface area (Å²) in [5.41, 5.74) is 1.04. The SMILES string of the molecule is O=S(=O)(CCNCc1ccoc1)CC1CC1. The van der Waals surface area contributed by atoms with E-state index in [-0.39, 0.29) is 5.75 Å². The molecule has 0 bridgehead atoms. The van der Waals surface area contributed by atoms with E-state index in [0.29, 0.717) is 24.8 Å². The van der Waals surface area contributed by atoms with Gasteiger partial charge in [-0.05, 0) is 24.8 Å². The molecular formula is C11H17NO3S. The summed E-state index contributed by atoms with van der Waals surface area (Å²) in [7, 11) is -2.85. The van der Waals surface area contributed by atoms with E-state index in [4.69, 9.17) is 4.42 Å². The van der Waals surface area contributed by atoms with E-state index >= 15 is 0 Å². The molecule has 1 saturated carbocycles. The Morgan fingerprint density at radius 3 is 2.88 bits per heavy atom. The van der Waals surface area contributed by atoms with Crippen LogP contribution in [0.1, 0.15) is 18.4 Å². The fourth-order valence-electron chi connectivity index (χ4n) is 1.58. The van der Waals surface area contributed by atoms with Gasteiger partial charge in [-0.3, -0.25) is 0 Å². The molecule has 0 radical (unpaired) electrons. The molecule has 1 aliphatic carbocycles. The van der Waals surface area contributed by atoms with Crippen LogP contribution in [0.4, 0.5) is 0 Å². The van der Waals surface area contributed by atoms with Crippen molar-refractivity contribution < 1.29 is 12.8 Å². The van der Waals surface area contributed by atoms with Crippen LogP contribution in [-0.4, -0.2) is 26.5 Å². The number of furan rings is 1. The molecule has 16 heavy (non-hydrogen) atoms. The Morgan fingerprint density at radius 2 is 2.25 bits per heavy atom. The van der Waals surface area contributed by atoms with Gasteiger partial charge in [0.25, 0.3) is 0 Å². The van der Waals surface area contributed by atoms with Crippen molar-refractivity contribution in [2.75, 3.05) is 18.1 Å². The second-order valence-corrected chi connectivity index (χ2v) is 6.59. The maximum absolute atomic E-state index is 11.6. The Hall–Kier alpha value is -0.810. The number of hydrogen-bond donors (Lipinski definition) is 1. The van der Waals surface area contributed by atoms with Gasteiger partial charge in [-0.2, -0.15) is 0 Å². The minimum Gasteiger partial charge on any atom is -0.472 e. The summed E-state index contributed by atoms with van der Waals surface area (Å²) in [5, 5.41) is 3.10. The van der Waals surface area contributed by atoms with Crippen LogP contribution >= 0.6 is 0 Å². The van der Waals surface area contributed by atoms with Crippen molar-refractivity contribution in [1.82, 2.24) is 5.32 Å². The second-order valence-electron chi connectivity index (χ2n) is 4.37. The number of hydrogen-bond acceptors (Lipinski definition) is 4. The Balaban J connectivity index is 1.63. The predicted octanol–water partition coefficient (Wildman–Crippen LogP) is 1.19. The van der Waals surface area contributed by atoms with Gasteiger partial charge in [-0.1, -0.05) is 0 Å². The summed E-state index contributed by atoms with van der Waals surface area (Å²) in [6.07, 6.45) is 5.44. The first-order valence-corrected chi connectivity index (χ1v) is 7.40. The molecule has 1 aromatic rings. The van der Waals surface area contributed by atoms with Crippen LogP contribution in [0.15, 0.2) is 23.0 Å². The van der Waals surface area contributed by atoms with E-state index in [9.17, 15) is 8.42 Å². The van der Waals surface area contributed by atoms with Crippen LogP contribution in [-0.2, 0) is 16.4 Å². The molecule has 0 amide bonds. The van der Waals surface area contributed by atoms with E-state index in [1.165, 1.54) is 0 Å². The Morgan fingerprint density at radius 1 is 1.44 bits per heavy atom. The van der Waals surface area contributed by atoms with Crippen LogP contribution in [0.2, 0.25) is 0 Å². The molecule has 90 valence electrons. The normalized spacial score (nSPS) is 16.5. The predicted molar refractivity (Wildman–Crippen MR) is 61.8 cm³/mol. The summed E-state index contributed by atoms with van der Waals surface area (Å²) < 4.78 is 28.1. The van der Waals surface area contributed by atoms with Gasteiger partial charge >= 0.3 is 0 Å². The summed E-state index contributed by atoms with van der Waals surface area (Å²) >= 11 is 0. The average Bonchev–Trinajstić information content (AvgIpc) is 2.86. The molecule has 1 aromatic heterocycles. The lowest BCUT2D eigenvalue weighted by molar-refractivity contribution is 0.560. The molecule has 1 N–H and O–H groups in total. The van der Waals surface area contributed by atoms with E-state index in [1.807, 2.05) is 6.07 Å². The third-order valence-electron chi connectivity index (χ3n) is 2.69. The van der Waals surface area contributed by atoms with Gasteiger partial charge in [0, 0.05) is 18.7 Å². The highest BCUT2D eigenvalue weighted by Gasteiger charge is 2.27. The fraction of sp³-hybridized carbons (Fsp3) is 0.636. The lowest BCUT2D eigenvalue weighted by Gasteiger charge is -2.04. The van der Waals surface area contributed by atoms with Crippen molar-refractivity contribution in [3.63, 3.8) is 0 Å². The van der Waals surface area contributed by atoms with Gasteiger partial charge in [-0.25, -0.2) is 8.42 Å². The zero-order chi connectivity index (χ0) is 11.4. The van der Waals surface area contributed by atoms with Crippen molar-refractivity contribution in [3.8, 4) is 0 Å². The smallest absolute Gasteiger partial charge is 0.151 e. The monoisotopic (exact) mass is 243 g/mol. The molecule has 0 spiro atoms. The van der Waals surface area contributed by atoms with Crippen molar-refractivity contribution in [3.05, 3.63) is 24.2 Å².